The Labute approximate surface area is 134 Å². The number of aromatic nitrogens is 1. The summed E-state index contributed by atoms with van der Waals surface area (Å²) in [4.78, 5) is 27.2. The molecule has 0 atom stereocenters. The molecule has 6 heteroatoms. The van der Waals surface area contributed by atoms with Crippen LogP contribution in [0.3, 0.4) is 0 Å². The molecule has 0 aliphatic rings. The Bertz CT molecular complexity index is 694. The van der Waals surface area contributed by atoms with Crippen LogP contribution in [0.1, 0.15) is 20.8 Å². The number of benzene rings is 1. The molecular weight excluding hydrogens is 294 g/mol. The molecule has 0 radical (unpaired) electrons. The second-order valence-corrected chi connectivity index (χ2v) is 4.62. The predicted octanol–water partition coefficient (Wildman–Crippen LogP) is 2.53. The molecule has 0 aliphatic heterocycles. The maximum Gasteiger partial charge on any atom is 0.337 e. The zero-order valence-corrected chi connectivity index (χ0v) is 12.7. The number of carbonyl (C=O) groups excluding carboxylic acids is 2. The third kappa shape index (κ3) is 4.41. The molecule has 1 amide bonds. The summed E-state index contributed by atoms with van der Waals surface area (Å²) in [5.41, 5.74) is 2.34. The molecule has 6 nitrogen and oxygen atoms in total. The van der Waals surface area contributed by atoms with Crippen LogP contribution in [0.4, 0.5) is 11.4 Å². The summed E-state index contributed by atoms with van der Waals surface area (Å²) in [7, 11) is 1.34. The second kappa shape index (κ2) is 7.74. The smallest absolute Gasteiger partial charge is 0.337 e. The average Bonchev–Trinajstić information content (AvgIpc) is 2.60. The molecule has 2 rings (SSSR count). The maximum absolute atomic E-state index is 11.7. The van der Waals surface area contributed by atoms with Crippen molar-refractivity contribution in [3.63, 3.8) is 0 Å². The minimum Gasteiger partial charge on any atom is -0.465 e. The summed E-state index contributed by atoms with van der Waals surface area (Å²) in [6.45, 7) is 3.93. The van der Waals surface area contributed by atoms with Gasteiger partial charge in [-0.25, -0.2) is 9.78 Å². The van der Waals surface area contributed by atoms with Gasteiger partial charge in [-0.15, -0.1) is 6.58 Å². The molecule has 0 unspecified atom stereocenters. The zero-order chi connectivity index (χ0) is 16.7. The summed E-state index contributed by atoms with van der Waals surface area (Å²) in [6, 6.07) is 10.2. The van der Waals surface area contributed by atoms with Gasteiger partial charge in [-0.1, -0.05) is 6.08 Å². The van der Waals surface area contributed by atoms with Crippen molar-refractivity contribution >= 4 is 23.3 Å². The van der Waals surface area contributed by atoms with Crippen molar-refractivity contribution in [1.29, 1.82) is 0 Å². The zero-order valence-electron chi connectivity index (χ0n) is 12.7. The lowest BCUT2D eigenvalue weighted by Crippen LogP contribution is -2.24. The van der Waals surface area contributed by atoms with E-state index in [1.54, 1.807) is 48.7 Å². The first-order chi connectivity index (χ1) is 11.1. The van der Waals surface area contributed by atoms with Crippen LogP contribution in [-0.4, -0.2) is 30.5 Å². The highest BCUT2D eigenvalue weighted by Gasteiger charge is 2.07. The SMILES string of the molecule is C=CCNC(=O)c1ccc(Nc2ccc(C(=O)OC)cc2)cn1. The molecule has 1 aromatic heterocycles. The van der Waals surface area contributed by atoms with E-state index < -0.39 is 0 Å². The van der Waals surface area contributed by atoms with Gasteiger partial charge in [0.15, 0.2) is 0 Å². The Kier molecular flexibility index (Phi) is 5.46. The summed E-state index contributed by atoms with van der Waals surface area (Å²) < 4.78 is 4.64. The van der Waals surface area contributed by atoms with Crippen LogP contribution in [0.25, 0.3) is 0 Å². The highest BCUT2D eigenvalue weighted by atomic mass is 16.5. The molecule has 0 bridgehead atoms. The van der Waals surface area contributed by atoms with Crippen molar-refractivity contribution in [2.75, 3.05) is 19.0 Å². The lowest BCUT2D eigenvalue weighted by molar-refractivity contribution is 0.0600. The molecule has 1 aromatic carbocycles. The molecule has 0 saturated heterocycles. The Morgan fingerprint density at radius 1 is 1.17 bits per heavy atom. The topological polar surface area (TPSA) is 80.3 Å². The van der Waals surface area contributed by atoms with Gasteiger partial charge >= 0.3 is 5.97 Å². The van der Waals surface area contributed by atoms with Crippen molar-refractivity contribution in [3.8, 4) is 0 Å². The van der Waals surface area contributed by atoms with E-state index in [-0.39, 0.29) is 11.9 Å². The number of anilines is 2. The number of nitrogens with zero attached hydrogens (tertiary/aromatic N) is 1. The number of ether oxygens (including phenoxy) is 1. The first-order valence-electron chi connectivity index (χ1n) is 6.94. The minimum atomic E-state index is -0.381. The quantitative estimate of drug-likeness (QED) is 0.633. The number of nitrogens with one attached hydrogen (secondary N) is 2. The van der Waals surface area contributed by atoms with E-state index in [4.69, 9.17) is 0 Å². The van der Waals surface area contributed by atoms with Crippen LogP contribution in [0.5, 0.6) is 0 Å². The molecule has 0 fully saturated rings. The Balaban J connectivity index is 2.02. The molecule has 0 aliphatic carbocycles. The molecule has 1 heterocycles. The number of hydrogen-bond donors (Lipinski definition) is 2. The molecule has 2 N–H and O–H groups in total. The standard InChI is InChI=1S/C17H17N3O3/c1-3-10-18-16(21)15-9-8-14(11-19-15)20-13-6-4-12(5-7-13)17(22)23-2/h3-9,11,20H,1,10H2,2H3,(H,18,21). The van der Waals surface area contributed by atoms with E-state index in [9.17, 15) is 9.59 Å². The van der Waals surface area contributed by atoms with Crippen molar-refractivity contribution in [3.05, 3.63) is 66.5 Å². The van der Waals surface area contributed by atoms with Gasteiger partial charge in [0.05, 0.1) is 24.6 Å². The van der Waals surface area contributed by atoms with E-state index in [1.807, 2.05) is 0 Å². The fourth-order valence-electron chi connectivity index (χ4n) is 1.83. The van der Waals surface area contributed by atoms with Gasteiger partial charge in [0.2, 0.25) is 0 Å². The van der Waals surface area contributed by atoms with Crippen molar-refractivity contribution < 1.29 is 14.3 Å². The molecule has 0 spiro atoms. The van der Waals surface area contributed by atoms with E-state index in [1.165, 1.54) is 7.11 Å². The highest BCUT2D eigenvalue weighted by molar-refractivity contribution is 5.92. The molecule has 2 aromatic rings. The number of pyridine rings is 1. The predicted molar refractivity (Wildman–Crippen MR) is 87.8 cm³/mol. The first kappa shape index (κ1) is 16.2. The lowest BCUT2D eigenvalue weighted by atomic mass is 10.2. The van der Waals surface area contributed by atoms with E-state index in [2.05, 4.69) is 26.9 Å². The van der Waals surface area contributed by atoms with E-state index in [0.29, 0.717) is 17.8 Å². The minimum absolute atomic E-state index is 0.251. The van der Waals surface area contributed by atoms with Gasteiger partial charge in [-0.3, -0.25) is 4.79 Å². The number of amides is 1. The van der Waals surface area contributed by atoms with Crippen LogP contribution in [-0.2, 0) is 4.74 Å². The van der Waals surface area contributed by atoms with Crippen LogP contribution in [0.15, 0.2) is 55.3 Å². The normalized spacial score (nSPS) is 9.78. The number of esters is 1. The Hall–Kier alpha value is -3.15. The third-order valence-corrected chi connectivity index (χ3v) is 3.00. The third-order valence-electron chi connectivity index (χ3n) is 3.00. The number of methoxy groups -OCH3 is 1. The molecule has 0 saturated carbocycles. The first-order valence-corrected chi connectivity index (χ1v) is 6.94. The van der Waals surface area contributed by atoms with Crippen LogP contribution in [0, 0.1) is 0 Å². The number of hydrogen-bond acceptors (Lipinski definition) is 5. The Morgan fingerprint density at radius 3 is 2.43 bits per heavy atom. The molecule has 118 valence electrons. The van der Waals surface area contributed by atoms with Crippen molar-refractivity contribution in [2.24, 2.45) is 0 Å². The highest BCUT2D eigenvalue weighted by Crippen LogP contribution is 2.17. The van der Waals surface area contributed by atoms with Crippen molar-refractivity contribution in [2.45, 2.75) is 0 Å². The average molecular weight is 311 g/mol. The monoisotopic (exact) mass is 311 g/mol. The van der Waals surface area contributed by atoms with Gasteiger partial charge in [-0.2, -0.15) is 0 Å². The van der Waals surface area contributed by atoms with Gasteiger partial charge in [-0.05, 0) is 36.4 Å². The van der Waals surface area contributed by atoms with Crippen LogP contribution < -0.4 is 10.6 Å². The van der Waals surface area contributed by atoms with Crippen LogP contribution >= 0.6 is 0 Å². The number of carbonyl (C=O) groups is 2. The van der Waals surface area contributed by atoms with Gasteiger partial charge in [0.1, 0.15) is 5.69 Å². The summed E-state index contributed by atoms with van der Waals surface area (Å²) in [5, 5.41) is 5.79. The maximum atomic E-state index is 11.7. The van der Waals surface area contributed by atoms with Crippen molar-refractivity contribution in [1.82, 2.24) is 10.3 Å². The fourth-order valence-corrected chi connectivity index (χ4v) is 1.83. The summed E-state index contributed by atoms with van der Waals surface area (Å²) >= 11 is 0. The van der Waals surface area contributed by atoms with Gasteiger partial charge in [0, 0.05) is 12.2 Å². The molecular formula is C17H17N3O3. The fraction of sp³-hybridized carbons (Fsp3) is 0.118. The number of rotatable bonds is 6. The van der Waals surface area contributed by atoms with Gasteiger partial charge < -0.3 is 15.4 Å². The van der Waals surface area contributed by atoms with Crippen LogP contribution in [0.2, 0.25) is 0 Å². The second-order valence-electron chi connectivity index (χ2n) is 4.62. The van der Waals surface area contributed by atoms with E-state index in [0.717, 1.165) is 11.4 Å². The Morgan fingerprint density at radius 2 is 1.87 bits per heavy atom. The lowest BCUT2D eigenvalue weighted by Gasteiger charge is -2.08. The molecule has 23 heavy (non-hydrogen) atoms. The largest absolute Gasteiger partial charge is 0.465 e. The summed E-state index contributed by atoms with van der Waals surface area (Å²) in [6.07, 6.45) is 3.17. The summed E-state index contributed by atoms with van der Waals surface area (Å²) in [5.74, 6) is -0.632. The van der Waals surface area contributed by atoms with Gasteiger partial charge in [0.25, 0.3) is 5.91 Å². The van der Waals surface area contributed by atoms with E-state index >= 15 is 0 Å².